The van der Waals surface area contributed by atoms with Gasteiger partial charge in [0.1, 0.15) is 12.4 Å². The highest BCUT2D eigenvalue weighted by molar-refractivity contribution is 5.19. The molecule has 18 heavy (non-hydrogen) atoms. The molecule has 0 spiro atoms. The summed E-state index contributed by atoms with van der Waals surface area (Å²) in [6.45, 7) is 0.786. The lowest BCUT2D eigenvalue weighted by atomic mass is 10.1. The summed E-state index contributed by atoms with van der Waals surface area (Å²) >= 11 is 0. The minimum atomic E-state index is -4.30. The van der Waals surface area contributed by atoms with Crippen LogP contribution in [-0.4, -0.2) is 25.9 Å². The fourth-order valence-electron chi connectivity index (χ4n) is 1.43. The minimum Gasteiger partial charge on any atom is -0.371 e. The SMILES string of the molecule is C[C@H](NCCOCC(F)(F)F)c1cccc(F)c1. The van der Waals surface area contributed by atoms with Crippen LogP contribution in [0, 0.1) is 5.82 Å². The molecule has 0 amide bonds. The second-order valence-corrected chi connectivity index (χ2v) is 3.90. The minimum absolute atomic E-state index is 0.0425. The maximum Gasteiger partial charge on any atom is 0.411 e. The van der Waals surface area contributed by atoms with E-state index >= 15 is 0 Å². The van der Waals surface area contributed by atoms with Gasteiger partial charge in [-0.1, -0.05) is 12.1 Å². The molecule has 1 atom stereocenters. The highest BCUT2D eigenvalue weighted by atomic mass is 19.4. The second kappa shape index (κ2) is 6.70. The molecule has 0 aliphatic rings. The Morgan fingerprint density at radius 1 is 1.33 bits per heavy atom. The Balaban J connectivity index is 2.23. The van der Waals surface area contributed by atoms with Crippen molar-refractivity contribution in [3.63, 3.8) is 0 Å². The molecule has 0 bridgehead atoms. The highest BCUT2D eigenvalue weighted by Crippen LogP contribution is 2.15. The van der Waals surface area contributed by atoms with Crippen molar-refractivity contribution in [3.05, 3.63) is 35.6 Å². The number of benzene rings is 1. The number of hydrogen-bond donors (Lipinski definition) is 1. The Morgan fingerprint density at radius 2 is 2.06 bits per heavy atom. The van der Waals surface area contributed by atoms with E-state index in [4.69, 9.17) is 0 Å². The lowest BCUT2D eigenvalue weighted by Gasteiger charge is -2.14. The summed E-state index contributed by atoms with van der Waals surface area (Å²) < 4.78 is 52.7. The molecule has 0 aromatic heterocycles. The summed E-state index contributed by atoms with van der Waals surface area (Å²) in [7, 11) is 0. The second-order valence-electron chi connectivity index (χ2n) is 3.90. The van der Waals surface area contributed by atoms with E-state index in [-0.39, 0.29) is 25.0 Å². The predicted molar refractivity (Wildman–Crippen MR) is 59.7 cm³/mol. The lowest BCUT2D eigenvalue weighted by molar-refractivity contribution is -0.173. The van der Waals surface area contributed by atoms with Crippen molar-refractivity contribution < 1.29 is 22.3 Å². The van der Waals surface area contributed by atoms with Crippen molar-refractivity contribution in [2.75, 3.05) is 19.8 Å². The van der Waals surface area contributed by atoms with Crippen LogP contribution in [0.25, 0.3) is 0 Å². The number of ether oxygens (including phenoxy) is 1. The zero-order valence-corrected chi connectivity index (χ0v) is 9.93. The van der Waals surface area contributed by atoms with E-state index in [0.29, 0.717) is 0 Å². The molecule has 0 aliphatic carbocycles. The van der Waals surface area contributed by atoms with Gasteiger partial charge in [-0.3, -0.25) is 0 Å². The number of hydrogen-bond acceptors (Lipinski definition) is 2. The molecule has 2 nitrogen and oxygen atoms in total. The van der Waals surface area contributed by atoms with Crippen molar-refractivity contribution in [2.45, 2.75) is 19.1 Å². The first-order valence-corrected chi connectivity index (χ1v) is 5.52. The number of halogens is 4. The van der Waals surface area contributed by atoms with Gasteiger partial charge in [-0.15, -0.1) is 0 Å². The zero-order chi connectivity index (χ0) is 13.6. The van der Waals surface area contributed by atoms with E-state index in [2.05, 4.69) is 10.1 Å². The molecule has 0 saturated heterocycles. The fraction of sp³-hybridized carbons (Fsp3) is 0.500. The Kier molecular flexibility index (Phi) is 5.55. The van der Waals surface area contributed by atoms with Crippen molar-refractivity contribution in [1.82, 2.24) is 5.32 Å². The van der Waals surface area contributed by atoms with E-state index in [1.54, 1.807) is 19.1 Å². The van der Waals surface area contributed by atoms with Crippen LogP contribution in [0.4, 0.5) is 17.6 Å². The number of rotatable bonds is 6. The van der Waals surface area contributed by atoms with Crippen LogP contribution in [0.2, 0.25) is 0 Å². The van der Waals surface area contributed by atoms with Gasteiger partial charge in [-0.2, -0.15) is 13.2 Å². The third-order valence-corrected chi connectivity index (χ3v) is 2.31. The van der Waals surface area contributed by atoms with Crippen molar-refractivity contribution in [1.29, 1.82) is 0 Å². The van der Waals surface area contributed by atoms with Crippen LogP contribution in [0.1, 0.15) is 18.5 Å². The van der Waals surface area contributed by atoms with Crippen molar-refractivity contribution in [3.8, 4) is 0 Å². The quantitative estimate of drug-likeness (QED) is 0.630. The summed E-state index contributed by atoms with van der Waals surface area (Å²) in [5, 5.41) is 2.95. The van der Waals surface area contributed by atoms with Crippen LogP contribution >= 0.6 is 0 Å². The summed E-state index contributed by atoms with van der Waals surface area (Å²) in [5.41, 5.74) is 0.742. The van der Waals surface area contributed by atoms with Crippen LogP contribution in [0.15, 0.2) is 24.3 Å². The normalized spacial score (nSPS) is 13.6. The molecule has 0 heterocycles. The Morgan fingerprint density at radius 3 is 2.67 bits per heavy atom. The smallest absolute Gasteiger partial charge is 0.371 e. The number of nitrogens with one attached hydrogen (secondary N) is 1. The molecule has 6 heteroatoms. The molecule has 1 aromatic rings. The first kappa shape index (κ1) is 14.9. The van der Waals surface area contributed by atoms with E-state index < -0.39 is 12.8 Å². The molecule has 0 aliphatic heterocycles. The maximum absolute atomic E-state index is 12.9. The molecule has 1 aromatic carbocycles. The summed E-state index contributed by atoms with van der Waals surface area (Å²) in [5.74, 6) is -0.338. The van der Waals surface area contributed by atoms with E-state index in [9.17, 15) is 17.6 Å². The van der Waals surface area contributed by atoms with Crippen molar-refractivity contribution in [2.24, 2.45) is 0 Å². The molecule has 0 saturated carbocycles. The first-order chi connectivity index (χ1) is 8.38. The average molecular weight is 265 g/mol. The van der Waals surface area contributed by atoms with Crippen LogP contribution in [-0.2, 0) is 4.74 Å². The third-order valence-electron chi connectivity index (χ3n) is 2.31. The van der Waals surface area contributed by atoms with Gasteiger partial charge in [-0.05, 0) is 24.6 Å². The molecule has 0 radical (unpaired) electrons. The molecule has 0 unspecified atom stereocenters. The predicted octanol–water partition coefficient (Wildman–Crippen LogP) is 3.06. The van der Waals surface area contributed by atoms with E-state index in [1.807, 2.05) is 0 Å². The molecule has 1 N–H and O–H groups in total. The lowest BCUT2D eigenvalue weighted by Crippen LogP contribution is -2.26. The largest absolute Gasteiger partial charge is 0.411 e. The first-order valence-electron chi connectivity index (χ1n) is 5.52. The molecule has 0 fully saturated rings. The zero-order valence-electron chi connectivity index (χ0n) is 9.93. The van der Waals surface area contributed by atoms with E-state index in [1.165, 1.54) is 12.1 Å². The summed E-state index contributed by atoms with van der Waals surface area (Å²) in [6, 6.07) is 5.91. The van der Waals surface area contributed by atoms with Gasteiger partial charge < -0.3 is 10.1 Å². The molecular formula is C12H15F4NO. The van der Waals surface area contributed by atoms with Gasteiger partial charge in [0.05, 0.1) is 6.61 Å². The van der Waals surface area contributed by atoms with Gasteiger partial charge in [-0.25, -0.2) is 4.39 Å². The molecule has 1 rings (SSSR count). The summed E-state index contributed by atoms with van der Waals surface area (Å²) in [6.07, 6.45) is -4.30. The Hall–Kier alpha value is -1.14. The third kappa shape index (κ3) is 5.97. The molecular weight excluding hydrogens is 250 g/mol. The van der Waals surface area contributed by atoms with E-state index in [0.717, 1.165) is 5.56 Å². The summed E-state index contributed by atoms with van der Waals surface area (Å²) in [4.78, 5) is 0. The number of alkyl halides is 3. The van der Waals surface area contributed by atoms with Crippen LogP contribution < -0.4 is 5.32 Å². The average Bonchev–Trinajstić information content (AvgIpc) is 2.26. The van der Waals surface area contributed by atoms with Gasteiger partial charge in [0.2, 0.25) is 0 Å². The Bertz CT molecular complexity index is 367. The standard InChI is InChI=1S/C12H15F4NO/c1-9(10-3-2-4-11(13)7-10)17-5-6-18-8-12(14,15)16/h2-4,7,9,17H,5-6,8H2,1H3/t9-/m0/s1. The monoisotopic (exact) mass is 265 g/mol. The van der Waals surface area contributed by atoms with Gasteiger partial charge in [0.15, 0.2) is 0 Å². The van der Waals surface area contributed by atoms with Gasteiger partial charge in [0.25, 0.3) is 0 Å². The molecule has 102 valence electrons. The van der Waals surface area contributed by atoms with Crippen LogP contribution in [0.3, 0.4) is 0 Å². The van der Waals surface area contributed by atoms with Gasteiger partial charge in [0, 0.05) is 12.6 Å². The van der Waals surface area contributed by atoms with Gasteiger partial charge >= 0.3 is 6.18 Å². The highest BCUT2D eigenvalue weighted by Gasteiger charge is 2.27. The van der Waals surface area contributed by atoms with Crippen LogP contribution in [0.5, 0.6) is 0 Å². The van der Waals surface area contributed by atoms with Crippen molar-refractivity contribution >= 4 is 0 Å². The topological polar surface area (TPSA) is 21.3 Å². The maximum atomic E-state index is 12.9. The fourth-order valence-corrected chi connectivity index (χ4v) is 1.43. The Labute approximate surface area is 103 Å².